The third-order valence-corrected chi connectivity index (χ3v) is 6.44. The SMILES string of the molecule is CC[C@@H](C)c1ccc(OCC(=O)Nc2ccc(-c3nc4cc([C@H](C)CC)ccc4o3)cc2)cc1. The van der Waals surface area contributed by atoms with Crippen LogP contribution < -0.4 is 10.1 Å². The van der Waals surface area contributed by atoms with Gasteiger partial charge in [0.05, 0.1) is 0 Å². The first kappa shape index (κ1) is 23.6. The number of hydrogen-bond acceptors (Lipinski definition) is 4. The molecule has 0 bridgehead atoms. The Morgan fingerprint density at radius 2 is 1.56 bits per heavy atom. The topological polar surface area (TPSA) is 64.4 Å². The number of fused-ring (bicyclic) bond motifs is 1. The molecule has 0 radical (unpaired) electrons. The first-order valence-corrected chi connectivity index (χ1v) is 12.0. The van der Waals surface area contributed by atoms with E-state index >= 15 is 0 Å². The van der Waals surface area contributed by atoms with Crippen LogP contribution in [0.15, 0.2) is 71.1 Å². The molecule has 1 N–H and O–H groups in total. The fraction of sp³-hybridized carbons (Fsp3) is 0.310. The Kier molecular flexibility index (Phi) is 7.31. The van der Waals surface area contributed by atoms with Gasteiger partial charge in [0.1, 0.15) is 11.3 Å². The van der Waals surface area contributed by atoms with Gasteiger partial charge in [0.25, 0.3) is 5.91 Å². The van der Waals surface area contributed by atoms with Gasteiger partial charge in [0, 0.05) is 11.3 Å². The van der Waals surface area contributed by atoms with E-state index < -0.39 is 0 Å². The van der Waals surface area contributed by atoms with Crippen molar-refractivity contribution >= 4 is 22.7 Å². The Hall–Kier alpha value is -3.60. The zero-order valence-electron chi connectivity index (χ0n) is 20.3. The zero-order valence-corrected chi connectivity index (χ0v) is 20.3. The Morgan fingerprint density at radius 1 is 0.912 bits per heavy atom. The van der Waals surface area contributed by atoms with Crippen molar-refractivity contribution < 1.29 is 13.9 Å². The largest absolute Gasteiger partial charge is 0.484 e. The Balaban J connectivity index is 1.35. The molecule has 176 valence electrons. The minimum absolute atomic E-state index is 0.0475. The van der Waals surface area contributed by atoms with Crippen LogP contribution in [0.3, 0.4) is 0 Å². The summed E-state index contributed by atoms with van der Waals surface area (Å²) in [7, 11) is 0. The average Bonchev–Trinajstić information content (AvgIpc) is 3.30. The molecule has 0 saturated heterocycles. The van der Waals surface area contributed by atoms with Crippen LogP contribution in [0.25, 0.3) is 22.6 Å². The second-order valence-corrected chi connectivity index (χ2v) is 8.85. The van der Waals surface area contributed by atoms with Gasteiger partial charge in [0.2, 0.25) is 5.89 Å². The van der Waals surface area contributed by atoms with Crippen LogP contribution in [-0.2, 0) is 4.79 Å². The number of aromatic nitrogens is 1. The lowest BCUT2D eigenvalue weighted by Crippen LogP contribution is -2.20. The van der Waals surface area contributed by atoms with Gasteiger partial charge in [-0.05, 0) is 84.3 Å². The lowest BCUT2D eigenvalue weighted by molar-refractivity contribution is -0.118. The van der Waals surface area contributed by atoms with Crippen molar-refractivity contribution in [2.24, 2.45) is 0 Å². The standard InChI is InChI=1S/C29H32N2O3/c1-5-19(3)21-9-14-25(15-10-21)33-18-28(32)30-24-12-7-22(8-13-24)29-31-26-17-23(20(4)6-2)11-16-27(26)34-29/h7-17,19-20H,5-6,18H2,1-4H3,(H,30,32)/t19-,20-/m1/s1. The molecule has 5 heteroatoms. The molecule has 0 aliphatic rings. The van der Waals surface area contributed by atoms with Crippen molar-refractivity contribution in [3.05, 3.63) is 77.9 Å². The lowest BCUT2D eigenvalue weighted by atomic mass is 9.98. The van der Waals surface area contributed by atoms with Crippen LogP contribution >= 0.6 is 0 Å². The molecule has 1 aromatic heterocycles. The number of amides is 1. The Labute approximate surface area is 201 Å². The average molecular weight is 457 g/mol. The van der Waals surface area contributed by atoms with Crippen LogP contribution in [0.5, 0.6) is 5.75 Å². The van der Waals surface area contributed by atoms with E-state index in [0.29, 0.717) is 29.2 Å². The van der Waals surface area contributed by atoms with Gasteiger partial charge in [-0.2, -0.15) is 0 Å². The molecule has 0 fully saturated rings. The molecule has 0 spiro atoms. The second-order valence-electron chi connectivity index (χ2n) is 8.85. The molecule has 5 nitrogen and oxygen atoms in total. The van der Waals surface area contributed by atoms with E-state index in [1.54, 1.807) is 0 Å². The van der Waals surface area contributed by atoms with Crippen molar-refractivity contribution in [2.45, 2.75) is 52.4 Å². The van der Waals surface area contributed by atoms with E-state index in [1.165, 1.54) is 11.1 Å². The number of benzene rings is 3. The van der Waals surface area contributed by atoms with E-state index in [2.05, 4.69) is 62.3 Å². The normalized spacial score (nSPS) is 12.9. The number of nitrogens with one attached hydrogen (secondary N) is 1. The number of nitrogens with zero attached hydrogens (tertiary/aromatic N) is 1. The maximum atomic E-state index is 12.3. The summed E-state index contributed by atoms with van der Waals surface area (Å²) in [4.78, 5) is 17.0. The summed E-state index contributed by atoms with van der Waals surface area (Å²) < 4.78 is 11.6. The first-order chi connectivity index (χ1) is 16.5. The van der Waals surface area contributed by atoms with Crippen molar-refractivity contribution in [1.29, 1.82) is 0 Å². The smallest absolute Gasteiger partial charge is 0.262 e. The summed E-state index contributed by atoms with van der Waals surface area (Å²) in [5.41, 5.74) is 5.72. The molecule has 2 atom stereocenters. The molecule has 0 unspecified atom stereocenters. The lowest BCUT2D eigenvalue weighted by Gasteiger charge is -2.11. The van der Waals surface area contributed by atoms with Crippen molar-refractivity contribution in [3.63, 3.8) is 0 Å². The van der Waals surface area contributed by atoms with Crippen LogP contribution in [-0.4, -0.2) is 17.5 Å². The third-order valence-electron chi connectivity index (χ3n) is 6.44. The predicted octanol–water partition coefficient (Wildman–Crippen LogP) is 7.54. The molecular weight excluding hydrogens is 424 g/mol. The predicted molar refractivity (Wildman–Crippen MR) is 137 cm³/mol. The summed E-state index contributed by atoms with van der Waals surface area (Å²) in [5, 5.41) is 2.87. The second kappa shape index (κ2) is 10.6. The third kappa shape index (κ3) is 5.48. The van der Waals surface area contributed by atoms with Gasteiger partial charge in [-0.1, -0.05) is 45.9 Å². The minimum Gasteiger partial charge on any atom is -0.484 e. The molecule has 34 heavy (non-hydrogen) atoms. The number of carbonyl (C=O) groups excluding carboxylic acids is 1. The number of oxazole rings is 1. The van der Waals surface area contributed by atoms with Crippen molar-refractivity contribution in [2.75, 3.05) is 11.9 Å². The molecule has 0 saturated carbocycles. The summed E-state index contributed by atoms with van der Waals surface area (Å²) in [5.74, 6) is 2.04. The van der Waals surface area contributed by atoms with E-state index in [9.17, 15) is 4.79 Å². The minimum atomic E-state index is -0.210. The Bertz CT molecular complexity index is 1240. The fourth-order valence-corrected chi connectivity index (χ4v) is 3.78. The highest BCUT2D eigenvalue weighted by atomic mass is 16.5. The van der Waals surface area contributed by atoms with Gasteiger partial charge < -0.3 is 14.5 Å². The van der Waals surface area contributed by atoms with Crippen molar-refractivity contribution in [1.82, 2.24) is 4.98 Å². The first-order valence-electron chi connectivity index (χ1n) is 12.0. The fourth-order valence-electron chi connectivity index (χ4n) is 3.78. The quantitative estimate of drug-likeness (QED) is 0.282. The van der Waals surface area contributed by atoms with Crippen molar-refractivity contribution in [3.8, 4) is 17.2 Å². The van der Waals surface area contributed by atoms with E-state index in [0.717, 1.165) is 29.5 Å². The molecule has 1 heterocycles. The summed E-state index contributed by atoms with van der Waals surface area (Å²) in [6.07, 6.45) is 2.17. The summed E-state index contributed by atoms with van der Waals surface area (Å²) in [6, 6.07) is 21.6. The summed E-state index contributed by atoms with van der Waals surface area (Å²) in [6.45, 7) is 8.71. The molecule has 0 aliphatic heterocycles. The monoisotopic (exact) mass is 456 g/mol. The number of carbonyl (C=O) groups is 1. The molecular formula is C29H32N2O3. The van der Waals surface area contributed by atoms with Gasteiger partial charge in [-0.15, -0.1) is 0 Å². The van der Waals surface area contributed by atoms with E-state index in [4.69, 9.17) is 9.15 Å². The maximum absolute atomic E-state index is 12.3. The molecule has 4 rings (SSSR count). The summed E-state index contributed by atoms with van der Waals surface area (Å²) >= 11 is 0. The molecule has 1 amide bonds. The number of hydrogen-bond donors (Lipinski definition) is 1. The maximum Gasteiger partial charge on any atom is 0.262 e. The van der Waals surface area contributed by atoms with Crippen LogP contribution in [0, 0.1) is 0 Å². The highest BCUT2D eigenvalue weighted by Gasteiger charge is 2.12. The van der Waals surface area contributed by atoms with Crippen LogP contribution in [0.4, 0.5) is 5.69 Å². The number of rotatable bonds is 9. The molecule has 0 aliphatic carbocycles. The zero-order chi connectivity index (χ0) is 24.1. The number of anilines is 1. The molecule has 4 aromatic rings. The van der Waals surface area contributed by atoms with Gasteiger partial charge in [0.15, 0.2) is 12.2 Å². The number of ether oxygens (including phenoxy) is 1. The van der Waals surface area contributed by atoms with Crippen LogP contribution in [0.1, 0.15) is 63.5 Å². The van der Waals surface area contributed by atoms with Gasteiger partial charge in [-0.25, -0.2) is 4.98 Å². The van der Waals surface area contributed by atoms with Gasteiger partial charge >= 0.3 is 0 Å². The Morgan fingerprint density at radius 3 is 2.24 bits per heavy atom. The highest BCUT2D eigenvalue weighted by Crippen LogP contribution is 2.28. The molecule has 3 aromatic carbocycles. The van der Waals surface area contributed by atoms with E-state index in [-0.39, 0.29) is 12.5 Å². The highest BCUT2D eigenvalue weighted by molar-refractivity contribution is 5.92. The van der Waals surface area contributed by atoms with Gasteiger partial charge in [-0.3, -0.25) is 4.79 Å². The van der Waals surface area contributed by atoms with Crippen LogP contribution in [0.2, 0.25) is 0 Å². The van der Waals surface area contributed by atoms with E-state index in [1.807, 2.05) is 42.5 Å².